The fraction of sp³-hybridized carbons (Fsp3) is 0.438. The van der Waals surface area contributed by atoms with Gasteiger partial charge in [-0.25, -0.2) is 4.98 Å². The number of rotatable bonds is 3. The predicted octanol–water partition coefficient (Wildman–Crippen LogP) is 3.37. The molecule has 0 bridgehead atoms. The van der Waals surface area contributed by atoms with Crippen molar-refractivity contribution in [1.82, 2.24) is 9.55 Å². The topological polar surface area (TPSA) is 17.8 Å². The Morgan fingerprint density at radius 3 is 2.56 bits per heavy atom. The fourth-order valence-electron chi connectivity index (χ4n) is 2.74. The smallest absolute Gasteiger partial charge is 0.0954 e. The first-order valence-electron chi connectivity index (χ1n) is 6.97. The number of hydrogen-bond acceptors (Lipinski definition) is 1. The van der Waals surface area contributed by atoms with E-state index in [-0.39, 0.29) is 0 Å². The Morgan fingerprint density at radius 1 is 1.06 bits per heavy atom. The molecule has 1 aliphatic rings. The molecule has 0 fully saturated rings. The molecule has 0 radical (unpaired) electrons. The molecule has 0 N–H and O–H groups in total. The number of fused-ring (bicyclic) bond motifs is 1. The number of aromatic nitrogens is 2. The Bertz CT molecular complexity index is 523. The molecule has 2 nitrogen and oxygen atoms in total. The van der Waals surface area contributed by atoms with Crippen molar-refractivity contribution in [2.75, 3.05) is 0 Å². The van der Waals surface area contributed by atoms with E-state index in [2.05, 4.69) is 40.7 Å². The first-order chi connectivity index (χ1) is 8.86. The van der Waals surface area contributed by atoms with Crippen LogP contribution in [0.3, 0.4) is 0 Å². The van der Waals surface area contributed by atoms with Crippen LogP contribution in [0.2, 0.25) is 0 Å². The molecule has 1 aromatic heterocycles. The highest BCUT2D eigenvalue weighted by molar-refractivity contribution is 5.24. The summed E-state index contributed by atoms with van der Waals surface area (Å²) < 4.78 is 2.33. The van der Waals surface area contributed by atoms with Crippen LogP contribution in [0.1, 0.15) is 42.3 Å². The van der Waals surface area contributed by atoms with Gasteiger partial charge in [-0.1, -0.05) is 31.2 Å². The second-order valence-corrected chi connectivity index (χ2v) is 5.14. The van der Waals surface area contributed by atoms with Crippen LogP contribution in [-0.4, -0.2) is 9.55 Å². The van der Waals surface area contributed by atoms with E-state index >= 15 is 0 Å². The van der Waals surface area contributed by atoms with Crippen molar-refractivity contribution in [3.05, 3.63) is 53.1 Å². The molecular weight excluding hydrogens is 220 g/mol. The molecule has 1 aromatic carbocycles. The Morgan fingerprint density at radius 2 is 1.78 bits per heavy atom. The van der Waals surface area contributed by atoms with Crippen LogP contribution in [0, 0.1) is 0 Å². The third-order valence-corrected chi connectivity index (χ3v) is 3.89. The van der Waals surface area contributed by atoms with Gasteiger partial charge in [0.25, 0.3) is 0 Å². The van der Waals surface area contributed by atoms with Gasteiger partial charge in [-0.05, 0) is 43.2 Å². The molecule has 2 heteroatoms. The van der Waals surface area contributed by atoms with Gasteiger partial charge in [-0.15, -0.1) is 0 Å². The van der Waals surface area contributed by atoms with E-state index in [4.69, 9.17) is 0 Å². The Labute approximate surface area is 109 Å². The number of hydrogen-bond donors (Lipinski definition) is 0. The molecule has 2 aromatic rings. The molecule has 1 aliphatic carbocycles. The number of imidazole rings is 1. The van der Waals surface area contributed by atoms with E-state index in [0.717, 1.165) is 19.4 Å². The highest BCUT2D eigenvalue weighted by Crippen LogP contribution is 2.20. The van der Waals surface area contributed by atoms with Crippen LogP contribution in [0.5, 0.6) is 0 Å². The zero-order chi connectivity index (χ0) is 12.4. The van der Waals surface area contributed by atoms with Gasteiger partial charge in [0.1, 0.15) is 0 Å². The molecule has 0 amide bonds. The van der Waals surface area contributed by atoms with Crippen LogP contribution in [-0.2, 0) is 25.8 Å². The molecule has 18 heavy (non-hydrogen) atoms. The molecule has 1 heterocycles. The summed E-state index contributed by atoms with van der Waals surface area (Å²) in [4.78, 5) is 4.55. The average Bonchev–Trinajstić information content (AvgIpc) is 2.83. The number of benzene rings is 1. The lowest BCUT2D eigenvalue weighted by molar-refractivity contribution is 0.628. The molecule has 0 saturated carbocycles. The fourth-order valence-corrected chi connectivity index (χ4v) is 2.74. The average molecular weight is 240 g/mol. The van der Waals surface area contributed by atoms with E-state index in [1.807, 2.05) is 6.33 Å². The van der Waals surface area contributed by atoms with Gasteiger partial charge in [-0.2, -0.15) is 0 Å². The van der Waals surface area contributed by atoms with Crippen molar-refractivity contribution in [3.8, 4) is 0 Å². The van der Waals surface area contributed by atoms with Gasteiger partial charge >= 0.3 is 0 Å². The number of aryl methyl sites for hydroxylation is 2. The van der Waals surface area contributed by atoms with Gasteiger partial charge in [0.15, 0.2) is 0 Å². The van der Waals surface area contributed by atoms with E-state index < -0.39 is 0 Å². The van der Waals surface area contributed by atoms with Gasteiger partial charge in [0, 0.05) is 12.2 Å². The Kier molecular flexibility index (Phi) is 3.18. The minimum absolute atomic E-state index is 0.965. The second kappa shape index (κ2) is 4.97. The van der Waals surface area contributed by atoms with E-state index in [0.29, 0.717) is 0 Å². The molecule has 0 aliphatic heterocycles. The van der Waals surface area contributed by atoms with E-state index in [1.165, 1.54) is 41.8 Å². The highest BCUT2D eigenvalue weighted by atomic mass is 15.1. The third kappa shape index (κ3) is 2.20. The largest absolute Gasteiger partial charge is 0.330 e. The monoisotopic (exact) mass is 240 g/mol. The first kappa shape index (κ1) is 11.5. The molecule has 0 spiro atoms. The van der Waals surface area contributed by atoms with Crippen molar-refractivity contribution in [2.24, 2.45) is 0 Å². The summed E-state index contributed by atoms with van der Waals surface area (Å²) in [6.45, 7) is 3.16. The van der Waals surface area contributed by atoms with Crippen LogP contribution in [0.25, 0.3) is 0 Å². The standard InChI is InChI=1S/C16H20N2/c1-2-13-7-9-14(10-8-13)11-18-12-17-15-5-3-4-6-16(15)18/h7-10,12H,2-6,11H2,1H3. The van der Waals surface area contributed by atoms with Gasteiger partial charge in [0.2, 0.25) is 0 Å². The Hall–Kier alpha value is -1.57. The predicted molar refractivity (Wildman–Crippen MR) is 73.8 cm³/mol. The minimum atomic E-state index is 0.965. The summed E-state index contributed by atoms with van der Waals surface area (Å²) in [5.74, 6) is 0. The van der Waals surface area contributed by atoms with Crippen molar-refractivity contribution < 1.29 is 0 Å². The highest BCUT2D eigenvalue weighted by Gasteiger charge is 2.14. The quantitative estimate of drug-likeness (QED) is 0.804. The molecule has 3 rings (SSSR count). The summed E-state index contributed by atoms with van der Waals surface area (Å²) in [6.07, 6.45) is 8.10. The zero-order valence-electron chi connectivity index (χ0n) is 11.0. The lowest BCUT2D eigenvalue weighted by Gasteiger charge is -2.14. The van der Waals surface area contributed by atoms with Crippen LogP contribution in [0.15, 0.2) is 30.6 Å². The maximum Gasteiger partial charge on any atom is 0.0954 e. The van der Waals surface area contributed by atoms with Crippen molar-refractivity contribution in [1.29, 1.82) is 0 Å². The number of nitrogens with zero attached hydrogens (tertiary/aromatic N) is 2. The maximum absolute atomic E-state index is 4.55. The third-order valence-electron chi connectivity index (χ3n) is 3.89. The summed E-state index contributed by atoms with van der Waals surface area (Å²) in [5.41, 5.74) is 5.57. The van der Waals surface area contributed by atoms with Crippen molar-refractivity contribution in [3.63, 3.8) is 0 Å². The molecule has 0 atom stereocenters. The molecule has 94 valence electrons. The van der Waals surface area contributed by atoms with E-state index in [1.54, 1.807) is 0 Å². The summed E-state index contributed by atoms with van der Waals surface area (Å²) in [7, 11) is 0. The summed E-state index contributed by atoms with van der Waals surface area (Å²) >= 11 is 0. The minimum Gasteiger partial charge on any atom is -0.330 e. The lowest BCUT2D eigenvalue weighted by Crippen LogP contribution is -2.09. The lowest BCUT2D eigenvalue weighted by atomic mass is 10.0. The van der Waals surface area contributed by atoms with Gasteiger partial charge < -0.3 is 4.57 Å². The molecule has 0 unspecified atom stereocenters. The van der Waals surface area contributed by atoms with Crippen molar-refractivity contribution >= 4 is 0 Å². The van der Waals surface area contributed by atoms with Gasteiger partial charge in [0.05, 0.1) is 12.0 Å². The summed E-state index contributed by atoms with van der Waals surface area (Å²) in [5, 5.41) is 0. The zero-order valence-corrected chi connectivity index (χ0v) is 11.0. The van der Waals surface area contributed by atoms with Crippen LogP contribution >= 0.6 is 0 Å². The van der Waals surface area contributed by atoms with Crippen molar-refractivity contribution in [2.45, 2.75) is 45.6 Å². The Balaban J connectivity index is 1.81. The van der Waals surface area contributed by atoms with E-state index in [9.17, 15) is 0 Å². The van der Waals surface area contributed by atoms with Gasteiger partial charge in [-0.3, -0.25) is 0 Å². The first-order valence-corrected chi connectivity index (χ1v) is 6.97. The normalized spacial score (nSPS) is 14.5. The van der Waals surface area contributed by atoms with Crippen LogP contribution < -0.4 is 0 Å². The molecular formula is C16H20N2. The maximum atomic E-state index is 4.55. The molecule has 0 saturated heterocycles. The SMILES string of the molecule is CCc1ccc(Cn2cnc3c2CCCC3)cc1. The summed E-state index contributed by atoms with van der Waals surface area (Å²) in [6, 6.07) is 8.96. The van der Waals surface area contributed by atoms with Crippen LogP contribution in [0.4, 0.5) is 0 Å². The second-order valence-electron chi connectivity index (χ2n) is 5.14.